The minimum atomic E-state index is -2.09. The molecule has 5 rings (SSSR count). The number of fused-ring (bicyclic) bond motifs is 1. The van der Waals surface area contributed by atoms with Gasteiger partial charge in [-0.05, 0) is 31.2 Å². The van der Waals surface area contributed by atoms with Gasteiger partial charge in [-0.15, -0.1) is 0 Å². The highest BCUT2D eigenvalue weighted by molar-refractivity contribution is 6.04. The van der Waals surface area contributed by atoms with Gasteiger partial charge in [0, 0.05) is 71.0 Å². The maximum absolute atomic E-state index is 12.9. The van der Waals surface area contributed by atoms with E-state index in [2.05, 4.69) is 30.5 Å². The minimum absolute atomic E-state index is 0.310. The van der Waals surface area contributed by atoms with Gasteiger partial charge in [0.25, 0.3) is 5.91 Å². The summed E-state index contributed by atoms with van der Waals surface area (Å²) in [4.78, 5) is 29.5. The molecule has 1 aliphatic heterocycles. The fourth-order valence-electron chi connectivity index (χ4n) is 3.52. The van der Waals surface area contributed by atoms with Crippen LogP contribution in [-0.4, -0.2) is 69.1 Å². The largest absolute Gasteiger partial charge is 0.354 e. The summed E-state index contributed by atoms with van der Waals surface area (Å²) in [6.07, 6.45) is 8.46. The van der Waals surface area contributed by atoms with E-state index in [1.165, 1.54) is 4.90 Å². The van der Waals surface area contributed by atoms with Crippen molar-refractivity contribution in [3.8, 4) is 11.1 Å². The third-order valence-corrected chi connectivity index (χ3v) is 5.25. The molecular formula is C22H22N8O. The van der Waals surface area contributed by atoms with Crippen LogP contribution in [0.4, 0.5) is 11.6 Å². The molecule has 0 bridgehead atoms. The van der Waals surface area contributed by atoms with Crippen LogP contribution in [0.3, 0.4) is 0 Å². The molecule has 4 aromatic heterocycles. The van der Waals surface area contributed by atoms with Gasteiger partial charge >= 0.3 is 0 Å². The number of piperazine rings is 1. The number of aromatic amines is 1. The van der Waals surface area contributed by atoms with Crippen molar-refractivity contribution in [2.24, 2.45) is 0 Å². The predicted molar refractivity (Wildman–Crippen MR) is 119 cm³/mol. The normalized spacial score (nSPS) is 16.5. The van der Waals surface area contributed by atoms with E-state index in [-0.39, 0.29) is 5.91 Å². The molecule has 0 spiro atoms. The Hall–Kier alpha value is -3.85. The molecule has 1 aliphatic rings. The Balaban J connectivity index is 1.31. The van der Waals surface area contributed by atoms with Crippen molar-refractivity contribution < 1.29 is 8.91 Å². The lowest BCUT2D eigenvalue weighted by atomic mass is 10.1. The van der Waals surface area contributed by atoms with Crippen molar-refractivity contribution in [2.45, 2.75) is 0 Å². The number of nitrogens with zero attached hydrogens (tertiary/aromatic N) is 6. The number of pyridine rings is 3. The Morgan fingerprint density at radius 1 is 1.06 bits per heavy atom. The van der Waals surface area contributed by atoms with Crippen LogP contribution in [0.15, 0.2) is 55.2 Å². The van der Waals surface area contributed by atoms with Gasteiger partial charge in [0.15, 0.2) is 0 Å². The number of likely N-dealkylation sites (N-methyl/N-ethyl adjacent to an activating group) is 1. The number of rotatable bonds is 4. The SMILES string of the molecule is [2H]C([2H])([2H])N1CCN(c2cc(C(=O)Nc3cc4cc(-c5cn[nH]c5)cnc4cn3)ccn2)CC1. The number of hydrogen-bond acceptors (Lipinski definition) is 7. The average molecular weight is 417 g/mol. The first kappa shape index (κ1) is 15.9. The maximum Gasteiger partial charge on any atom is 0.257 e. The fourth-order valence-corrected chi connectivity index (χ4v) is 3.52. The summed E-state index contributed by atoms with van der Waals surface area (Å²) >= 11 is 0. The zero-order valence-electron chi connectivity index (χ0n) is 19.6. The molecule has 31 heavy (non-hydrogen) atoms. The summed E-state index contributed by atoms with van der Waals surface area (Å²) in [5.41, 5.74) is 2.98. The highest BCUT2D eigenvalue weighted by atomic mass is 16.1. The average Bonchev–Trinajstić information content (AvgIpc) is 3.38. The number of H-pyrrole nitrogens is 1. The zero-order chi connectivity index (χ0) is 23.7. The van der Waals surface area contributed by atoms with E-state index in [4.69, 9.17) is 4.11 Å². The molecule has 156 valence electrons. The first-order valence-electron chi connectivity index (χ1n) is 11.4. The van der Waals surface area contributed by atoms with E-state index in [1.807, 2.05) is 11.0 Å². The number of carbonyl (C=O) groups is 1. The van der Waals surface area contributed by atoms with Gasteiger partial charge in [0.05, 0.1) is 17.9 Å². The van der Waals surface area contributed by atoms with E-state index in [1.54, 1.807) is 49.2 Å². The van der Waals surface area contributed by atoms with E-state index in [9.17, 15) is 4.79 Å². The first-order chi connectivity index (χ1) is 16.4. The van der Waals surface area contributed by atoms with Crippen molar-refractivity contribution in [3.05, 3.63) is 60.8 Å². The lowest BCUT2D eigenvalue weighted by molar-refractivity contribution is 0.102. The van der Waals surface area contributed by atoms with Crippen molar-refractivity contribution in [1.29, 1.82) is 0 Å². The van der Waals surface area contributed by atoms with Gasteiger partial charge in [0.1, 0.15) is 11.6 Å². The van der Waals surface area contributed by atoms with E-state index < -0.39 is 6.98 Å². The minimum Gasteiger partial charge on any atom is -0.354 e. The second-order valence-corrected chi connectivity index (χ2v) is 7.30. The van der Waals surface area contributed by atoms with E-state index >= 15 is 0 Å². The number of anilines is 2. The fraction of sp³-hybridized carbons (Fsp3) is 0.227. The van der Waals surface area contributed by atoms with Crippen LogP contribution in [-0.2, 0) is 0 Å². The van der Waals surface area contributed by atoms with E-state index in [0.29, 0.717) is 48.9 Å². The summed E-state index contributed by atoms with van der Waals surface area (Å²) in [6, 6.07) is 7.09. The molecule has 0 atom stereocenters. The van der Waals surface area contributed by atoms with Crippen LogP contribution in [0.25, 0.3) is 22.0 Å². The Labute approximate surface area is 183 Å². The second-order valence-electron chi connectivity index (χ2n) is 7.30. The zero-order valence-corrected chi connectivity index (χ0v) is 16.6. The molecule has 9 heteroatoms. The molecule has 0 unspecified atom stereocenters. The standard InChI is InChI=1S/C22H22N8O/c1-29-4-6-30(7-5-29)21-10-15(2-3-23-21)22(31)28-20-9-16-8-17(18-12-26-27-13-18)11-24-19(16)14-25-20/h2-3,8-14H,4-7H2,1H3,(H,26,27)(H,25,28,31)/i1D3. The summed E-state index contributed by atoms with van der Waals surface area (Å²) in [5, 5.41) is 10.4. The molecule has 5 heterocycles. The molecule has 0 radical (unpaired) electrons. The lowest BCUT2D eigenvalue weighted by Gasteiger charge is -2.33. The highest BCUT2D eigenvalue weighted by Crippen LogP contribution is 2.23. The Morgan fingerprint density at radius 2 is 1.97 bits per heavy atom. The number of nitrogens with one attached hydrogen (secondary N) is 2. The summed E-state index contributed by atoms with van der Waals surface area (Å²) in [6.45, 7) is -0.235. The molecule has 1 fully saturated rings. The summed E-state index contributed by atoms with van der Waals surface area (Å²) in [7, 11) is 0. The van der Waals surface area contributed by atoms with Crippen LogP contribution >= 0.6 is 0 Å². The number of hydrogen-bond donors (Lipinski definition) is 2. The number of carbonyl (C=O) groups excluding carboxylic acids is 1. The molecule has 2 N–H and O–H groups in total. The van der Waals surface area contributed by atoms with Crippen molar-refractivity contribution in [1.82, 2.24) is 30.0 Å². The van der Waals surface area contributed by atoms with Gasteiger partial charge in [-0.2, -0.15) is 5.10 Å². The Morgan fingerprint density at radius 3 is 2.77 bits per heavy atom. The van der Waals surface area contributed by atoms with Crippen molar-refractivity contribution in [3.63, 3.8) is 0 Å². The number of aromatic nitrogens is 5. The van der Waals surface area contributed by atoms with Gasteiger partial charge < -0.3 is 15.1 Å². The van der Waals surface area contributed by atoms with Gasteiger partial charge in [0.2, 0.25) is 0 Å². The third kappa shape index (κ3) is 4.08. The Bertz CT molecular complexity index is 1320. The van der Waals surface area contributed by atoms with Gasteiger partial charge in [-0.25, -0.2) is 9.97 Å². The molecule has 4 aromatic rings. The number of amides is 1. The third-order valence-electron chi connectivity index (χ3n) is 5.25. The molecule has 9 nitrogen and oxygen atoms in total. The predicted octanol–water partition coefficient (Wildman–Crippen LogP) is 2.42. The monoisotopic (exact) mass is 417 g/mol. The first-order valence-corrected chi connectivity index (χ1v) is 9.89. The maximum atomic E-state index is 12.9. The highest BCUT2D eigenvalue weighted by Gasteiger charge is 2.17. The quantitative estimate of drug-likeness (QED) is 0.526. The van der Waals surface area contributed by atoms with Crippen LogP contribution in [0.2, 0.25) is 0 Å². The molecule has 0 saturated carbocycles. The van der Waals surface area contributed by atoms with Gasteiger partial charge in [-0.3, -0.25) is 14.9 Å². The smallest absolute Gasteiger partial charge is 0.257 e. The van der Waals surface area contributed by atoms with Gasteiger partial charge in [-0.1, -0.05) is 0 Å². The molecule has 1 saturated heterocycles. The van der Waals surface area contributed by atoms with Crippen LogP contribution < -0.4 is 10.2 Å². The topological polar surface area (TPSA) is 103 Å². The van der Waals surface area contributed by atoms with Crippen LogP contribution in [0.1, 0.15) is 14.5 Å². The van der Waals surface area contributed by atoms with Crippen molar-refractivity contribution >= 4 is 28.4 Å². The molecular weight excluding hydrogens is 392 g/mol. The summed E-state index contributed by atoms with van der Waals surface area (Å²) in [5.74, 6) is 0.738. The molecule has 0 aromatic carbocycles. The molecule has 1 amide bonds. The second kappa shape index (κ2) is 8.11. The molecule has 0 aliphatic carbocycles. The Kier molecular flexibility index (Phi) is 4.17. The lowest BCUT2D eigenvalue weighted by Crippen LogP contribution is -2.44. The summed E-state index contributed by atoms with van der Waals surface area (Å²) < 4.78 is 22.7. The van der Waals surface area contributed by atoms with Crippen molar-refractivity contribution in [2.75, 3.05) is 43.4 Å². The van der Waals surface area contributed by atoms with E-state index in [0.717, 1.165) is 16.5 Å². The van der Waals surface area contributed by atoms with Crippen LogP contribution in [0, 0.1) is 0 Å². The van der Waals surface area contributed by atoms with Crippen LogP contribution in [0.5, 0.6) is 0 Å².